The Balaban J connectivity index is 1.65. The molecule has 0 saturated heterocycles. The topological polar surface area (TPSA) is 65.1 Å². The van der Waals surface area contributed by atoms with Gasteiger partial charge in [-0.05, 0) is 34.2 Å². The van der Waals surface area contributed by atoms with Gasteiger partial charge in [0.2, 0.25) is 0 Å². The molecule has 1 aromatic heterocycles. The third-order valence-corrected chi connectivity index (χ3v) is 6.32. The molecule has 0 fully saturated rings. The molecule has 34 heavy (non-hydrogen) atoms. The van der Waals surface area contributed by atoms with Gasteiger partial charge in [0.15, 0.2) is 0 Å². The first kappa shape index (κ1) is 21.7. The number of carboxylic acids is 1. The van der Waals surface area contributed by atoms with Crippen molar-refractivity contribution in [3.05, 3.63) is 144 Å². The summed E-state index contributed by atoms with van der Waals surface area (Å²) in [6.07, 6.45) is 0.318. The summed E-state index contributed by atoms with van der Waals surface area (Å²) in [6, 6.07) is 39.4. The molecular weight excluding hydrogens is 420 g/mol. The zero-order valence-corrected chi connectivity index (χ0v) is 18.7. The average Bonchev–Trinajstić information content (AvgIpc) is 3.30. The minimum Gasteiger partial charge on any atom is -0.480 e. The van der Waals surface area contributed by atoms with Gasteiger partial charge in [0.05, 0.1) is 5.54 Å². The van der Waals surface area contributed by atoms with E-state index in [4.69, 9.17) is 0 Å². The van der Waals surface area contributed by atoms with Crippen molar-refractivity contribution >= 4 is 16.9 Å². The summed E-state index contributed by atoms with van der Waals surface area (Å²) in [5.41, 5.74) is 3.98. The number of aromatic nitrogens is 1. The Bertz CT molecular complexity index is 1250. The fourth-order valence-corrected chi connectivity index (χ4v) is 4.74. The molecule has 0 spiro atoms. The van der Waals surface area contributed by atoms with E-state index in [0.29, 0.717) is 6.42 Å². The van der Waals surface area contributed by atoms with Crippen LogP contribution in [0.15, 0.2) is 121 Å². The number of hydrogen-bond donors (Lipinski definition) is 3. The molecule has 0 amide bonds. The molecule has 1 heterocycles. The maximum atomic E-state index is 12.6. The van der Waals surface area contributed by atoms with Crippen molar-refractivity contribution in [1.82, 2.24) is 10.3 Å². The summed E-state index contributed by atoms with van der Waals surface area (Å²) in [5.74, 6) is -0.897. The summed E-state index contributed by atoms with van der Waals surface area (Å²) >= 11 is 0. The van der Waals surface area contributed by atoms with Crippen LogP contribution in [0, 0.1) is 0 Å². The lowest BCUT2D eigenvalue weighted by molar-refractivity contribution is -0.139. The van der Waals surface area contributed by atoms with Gasteiger partial charge in [0.1, 0.15) is 6.04 Å². The number of para-hydroxylation sites is 1. The number of carbonyl (C=O) groups is 1. The first-order valence-corrected chi connectivity index (χ1v) is 11.4. The molecule has 3 N–H and O–H groups in total. The number of nitrogens with one attached hydrogen (secondary N) is 2. The molecule has 5 aromatic rings. The fourth-order valence-electron chi connectivity index (χ4n) is 4.74. The van der Waals surface area contributed by atoms with Crippen LogP contribution in [0.2, 0.25) is 0 Å². The molecule has 0 aliphatic rings. The zero-order valence-electron chi connectivity index (χ0n) is 18.7. The van der Waals surface area contributed by atoms with E-state index in [1.807, 2.05) is 84.9 Å². The van der Waals surface area contributed by atoms with Crippen molar-refractivity contribution in [2.45, 2.75) is 18.0 Å². The largest absolute Gasteiger partial charge is 0.480 e. The van der Waals surface area contributed by atoms with Gasteiger partial charge in [0.25, 0.3) is 0 Å². The lowest BCUT2D eigenvalue weighted by Crippen LogP contribution is -2.53. The predicted octanol–water partition coefficient (Wildman–Crippen LogP) is 5.75. The van der Waals surface area contributed by atoms with Crippen LogP contribution in [0.3, 0.4) is 0 Å². The Morgan fingerprint density at radius 3 is 1.68 bits per heavy atom. The third-order valence-electron chi connectivity index (χ3n) is 6.32. The van der Waals surface area contributed by atoms with E-state index in [-0.39, 0.29) is 0 Å². The van der Waals surface area contributed by atoms with E-state index < -0.39 is 17.6 Å². The van der Waals surface area contributed by atoms with Crippen LogP contribution in [0.1, 0.15) is 22.4 Å². The van der Waals surface area contributed by atoms with Crippen molar-refractivity contribution in [3.63, 3.8) is 0 Å². The lowest BCUT2D eigenvalue weighted by atomic mass is 9.76. The highest BCUT2D eigenvalue weighted by atomic mass is 16.4. The van der Waals surface area contributed by atoms with Crippen molar-refractivity contribution in [3.8, 4) is 0 Å². The van der Waals surface area contributed by atoms with E-state index in [1.54, 1.807) is 0 Å². The van der Waals surface area contributed by atoms with Crippen molar-refractivity contribution < 1.29 is 9.90 Å². The molecule has 4 heteroatoms. The quantitative estimate of drug-likeness (QED) is 0.266. The fraction of sp³-hybridized carbons (Fsp3) is 0.100. The van der Waals surface area contributed by atoms with E-state index >= 15 is 0 Å². The van der Waals surface area contributed by atoms with Crippen molar-refractivity contribution in [1.29, 1.82) is 0 Å². The van der Waals surface area contributed by atoms with Gasteiger partial charge in [-0.25, -0.2) is 0 Å². The summed E-state index contributed by atoms with van der Waals surface area (Å²) in [5, 5.41) is 15.0. The molecule has 0 saturated carbocycles. The van der Waals surface area contributed by atoms with E-state index in [9.17, 15) is 9.90 Å². The molecule has 0 aliphatic carbocycles. The number of aliphatic carboxylic acids is 1. The van der Waals surface area contributed by atoms with Crippen LogP contribution < -0.4 is 5.32 Å². The predicted molar refractivity (Wildman–Crippen MR) is 136 cm³/mol. The number of H-pyrrole nitrogens is 1. The van der Waals surface area contributed by atoms with Gasteiger partial charge < -0.3 is 10.1 Å². The SMILES string of the molecule is O=C(O)C(Cc1cc2ccccc2[nH]1)NC(c1ccccc1)(c1ccccc1)c1ccccc1. The van der Waals surface area contributed by atoms with E-state index in [1.165, 1.54) is 0 Å². The molecule has 0 radical (unpaired) electrons. The second-order valence-electron chi connectivity index (χ2n) is 8.47. The summed E-state index contributed by atoms with van der Waals surface area (Å²) in [7, 11) is 0. The van der Waals surface area contributed by atoms with Gasteiger partial charge in [-0.15, -0.1) is 0 Å². The summed E-state index contributed by atoms with van der Waals surface area (Å²) < 4.78 is 0. The molecule has 0 aliphatic heterocycles. The first-order valence-electron chi connectivity index (χ1n) is 11.4. The van der Waals surface area contributed by atoms with Gasteiger partial charge in [-0.1, -0.05) is 109 Å². The molecule has 168 valence electrons. The number of fused-ring (bicyclic) bond motifs is 1. The van der Waals surface area contributed by atoms with Crippen LogP contribution in [0.4, 0.5) is 0 Å². The zero-order chi connectivity index (χ0) is 23.4. The van der Waals surface area contributed by atoms with Gasteiger partial charge in [0, 0.05) is 17.6 Å². The second kappa shape index (κ2) is 9.38. The van der Waals surface area contributed by atoms with Crippen LogP contribution in [0.25, 0.3) is 10.9 Å². The number of hydrogen-bond acceptors (Lipinski definition) is 2. The standard InChI is InChI=1S/C30H26N2O2/c33-29(34)28(21-26-20-22-12-10-11-19-27(22)31-26)32-30(23-13-4-1-5-14-23,24-15-6-2-7-16-24)25-17-8-3-9-18-25/h1-20,28,31-32H,21H2,(H,33,34). The Morgan fingerprint density at radius 1 is 0.735 bits per heavy atom. The molecule has 5 rings (SSSR count). The van der Waals surface area contributed by atoms with Crippen molar-refractivity contribution in [2.75, 3.05) is 0 Å². The van der Waals surface area contributed by atoms with E-state index in [0.717, 1.165) is 33.3 Å². The van der Waals surface area contributed by atoms with Gasteiger partial charge >= 0.3 is 5.97 Å². The molecule has 0 bridgehead atoms. The monoisotopic (exact) mass is 446 g/mol. The molecule has 4 nitrogen and oxygen atoms in total. The third kappa shape index (κ3) is 4.12. The molecular formula is C30H26N2O2. The molecule has 1 unspecified atom stereocenters. The maximum Gasteiger partial charge on any atom is 0.321 e. The minimum absolute atomic E-state index is 0.318. The highest BCUT2D eigenvalue weighted by Crippen LogP contribution is 2.37. The summed E-state index contributed by atoms with van der Waals surface area (Å²) in [4.78, 5) is 16.0. The van der Waals surface area contributed by atoms with Crippen molar-refractivity contribution in [2.24, 2.45) is 0 Å². The highest BCUT2D eigenvalue weighted by molar-refractivity contribution is 5.81. The Morgan fingerprint density at radius 2 is 1.21 bits per heavy atom. The normalized spacial score (nSPS) is 12.5. The second-order valence-corrected chi connectivity index (χ2v) is 8.47. The number of benzene rings is 4. The Labute approximate surface area is 198 Å². The minimum atomic E-state index is -0.897. The first-order chi connectivity index (χ1) is 16.7. The van der Waals surface area contributed by atoms with Crippen LogP contribution in [-0.4, -0.2) is 22.1 Å². The van der Waals surface area contributed by atoms with Crippen LogP contribution >= 0.6 is 0 Å². The molecule has 4 aromatic carbocycles. The highest BCUT2D eigenvalue weighted by Gasteiger charge is 2.39. The smallest absolute Gasteiger partial charge is 0.321 e. The number of rotatable bonds is 8. The lowest BCUT2D eigenvalue weighted by Gasteiger charge is -2.39. The maximum absolute atomic E-state index is 12.6. The number of carboxylic acid groups (broad SMARTS) is 1. The Hall–Kier alpha value is -4.15. The average molecular weight is 447 g/mol. The van der Waals surface area contributed by atoms with Crippen LogP contribution in [-0.2, 0) is 16.8 Å². The van der Waals surface area contributed by atoms with Crippen LogP contribution in [0.5, 0.6) is 0 Å². The van der Waals surface area contributed by atoms with E-state index in [2.05, 4.69) is 46.7 Å². The molecule has 1 atom stereocenters. The summed E-state index contributed by atoms with van der Waals surface area (Å²) in [6.45, 7) is 0. The van der Waals surface area contributed by atoms with Gasteiger partial charge in [-0.3, -0.25) is 10.1 Å². The Kier molecular flexibility index (Phi) is 5.98. The van der Waals surface area contributed by atoms with Gasteiger partial charge in [-0.2, -0.15) is 0 Å². The number of aromatic amines is 1.